The predicted molar refractivity (Wildman–Crippen MR) is 118 cm³/mol. The number of nitrogens with zero attached hydrogens (tertiary/aromatic N) is 2. The van der Waals surface area contributed by atoms with E-state index in [0.29, 0.717) is 18.4 Å². The van der Waals surface area contributed by atoms with Gasteiger partial charge in [-0.1, -0.05) is 38.1 Å². The van der Waals surface area contributed by atoms with Gasteiger partial charge in [-0.15, -0.1) is 0 Å². The Labute approximate surface area is 169 Å². The summed E-state index contributed by atoms with van der Waals surface area (Å²) in [5.74, 6) is 0.601. The summed E-state index contributed by atoms with van der Waals surface area (Å²) in [6.45, 7) is 6.54. The van der Waals surface area contributed by atoms with Crippen molar-refractivity contribution >= 4 is 17.3 Å². The summed E-state index contributed by atoms with van der Waals surface area (Å²) in [7, 11) is 4.29. The van der Waals surface area contributed by atoms with Gasteiger partial charge in [0.15, 0.2) is 0 Å². The number of hydrogen-bond acceptors (Lipinski definition) is 3. The molecule has 1 saturated heterocycles. The summed E-state index contributed by atoms with van der Waals surface area (Å²) >= 11 is 0. The molecule has 1 fully saturated rings. The number of carbonyl (C=O) groups is 1. The maximum atomic E-state index is 12.3. The number of likely N-dealkylation sites (N-methyl/N-ethyl adjacent to an activating group) is 1. The Morgan fingerprint density at radius 1 is 1.11 bits per heavy atom. The lowest BCUT2D eigenvalue weighted by Crippen LogP contribution is -2.31. The Morgan fingerprint density at radius 3 is 2.36 bits per heavy atom. The van der Waals surface area contributed by atoms with E-state index in [1.165, 1.54) is 23.2 Å². The first kappa shape index (κ1) is 20.4. The summed E-state index contributed by atoms with van der Waals surface area (Å²) in [5, 5.41) is 3.02. The molecule has 2 aromatic rings. The van der Waals surface area contributed by atoms with Crippen LogP contribution in [-0.4, -0.2) is 44.0 Å². The second kappa shape index (κ2) is 9.24. The fourth-order valence-electron chi connectivity index (χ4n) is 3.70. The highest BCUT2D eigenvalue weighted by Crippen LogP contribution is 2.24. The van der Waals surface area contributed by atoms with Crippen molar-refractivity contribution in [2.24, 2.45) is 0 Å². The van der Waals surface area contributed by atoms with E-state index in [-0.39, 0.29) is 5.91 Å². The third-order valence-electron chi connectivity index (χ3n) is 5.70. The molecule has 28 heavy (non-hydrogen) atoms. The highest BCUT2D eigenvalue weighted by atomic mass is 16.1. The number of rotatable bonds is 7. The molecular formula is C24H33N3O. The summed E-state index contributed by atoms with van der Waals surface area (Å²) < 4.78 is 0. The lowest BCUT2D eigenvalue weighted by Gasteiger charge is -2.22. The lowest BCUT2D eigenvalue weighted by molar-refractivity contribution is -0.116. The smallest absolute Gasteiger partial charge is 0.224 e. The Kier molecular flexibility index (Phi) is 6.74. The SMILES string of the molecule is CC(C)c1ccc(CCC(=O)Nc2ccc(N3CCC(N(C)C)C3)cc2)cc1. The van der Waals surface area contributed by atoms with Crippen molar-refractivity contribution in [3.8, 4) is 0 Å². The van der Waals surface area contributed by atoms with Crippen LogP contribution in [0.3, 0.4) is 0 Å². The van der Waals surface area contributed by atoms with Crippen molar-refractivity contribution in [2.75, 3.05) is 37.4 Å². The maximum absolute atomic E-state index is 12.3. The minimum atomic E-state index is 0.0644. The molecule has 0 spiro atoms. The van der Waals surface area contributed by atoms with Gasteiger partial charge in [-0.05, 0) is 68.2 Å². The number of carbonyl (C=O) groups excluding carboxylic acids is 1. The average molecular weight is 380 g/mol. The zero-order chi connectivity index (χ0) is 20.1. The van der Waals surface area contributed by atoms with Crippen LogP contribution < -0.4 is 10.2 Å². The van der Waals surface area contributed by atoms with Gasteiger partial charge in [0.2, 0.25) is 5.91 Å². The molecule has 1 N–H and O–H groups in total. The standard InChI is InChI=1S/C24H33N3O/c1-18(2)20-8-5-19(6-9-20)7-14-24(28)25-21-10-12-22(13-11-21)27-16-15-23(17-27)26(3)4/h5-6,8-13,18,23H,7,14-17H2,1-4H3,(H,25,28). The minimum absolute atomic E-state index is 0.0644. The third kappa shape index (κ3) is 5.35. The molecule has 150 valence electrons. The van der Waals surface area contributed by atoms with Gasteiger partial charge in [0.1, 0.15) is 0 Å². The first-order valence-corrected chi connectivity index (χ1v) is 10.3. The van der Waals surface area contributed by atoms with E-state index in [2.05, 4.69) is 79.5 Å². The van der Waals surface area contributed by atoms with Gasteiger partial charge >= 0.3 is 0 Å². The normalized spacial score (nSPS) is 16.8. The highest BCUT2D eigenvalue weighted by Gasteiger charge is 2.23. The van der Waals surface area contributed by atoms with Crippen LogP contribution in [0.15, 0.2) is 48.5 Å². The van der Waals surface area contributed by atoms with Gasteiger partial charge in [0, 0.05) is 36.9 Å². The number of benzene rings is 2. The number of nitrogens with one attached hydrogen (secondary N) is 1. The van der Waals surface area contributed by atoms with Gasteiger partial charge in [-0.25, -0.2) is 0 Å². The van der Waals surface area contributed by atoms with E-state index >= 15 is 0 Å². The van der Waals surface area contributed by atoms with Crippen molar-refractivity contribution in [1.82, 2.24) is 4.90 Å². The molecule has 4 nitrogen and oxygen atoms in total. The van der Waals surface area contributed by atoms with E-state index in [9.17, 15) is 4.79 Å². The van der Waals surface area contributed by atoms with Crippen LogP contribution in [0.5, 0.6) is 0 Å². The molecule has 1 amide bonds. The van der Waals surface area contributed by atoms with E-state index in [1.807, 2.05) is 12.1 Å². The molecule has 1 unspecified atom stereocenters. The van der Waals surface area contributed by atoms with E-state index in [4.69, 9.17) is 0 Å². The summed E-state index contributed by atoms with van der Waals surface area (Å²) in [6.07, 6.45) is 2.46. The van der Waals surface area contributed by atoms with Crippen molar-refractivity contribution in [2.45, 2.75) is 45.1 Å². The minimum Gasteiger partial charge on any atom is -0.370 e. The molecule has 0 saturated carbocycles. The lowest BCUT2D eigenvalue weighted by atomic mass is 10.0. The summed E-state index contributed by atoms with van der Waals surface area (Å²) in [5.41, 5.74) is 4.64. The van der Waals surface area contributed by atoms with Crippen LogP contribution in [0.4, 0.5) is 11.4 Å². The zero-order valence-electron chi connectivity index (χ0n) is 17.6. The third-order valence-corrected chi connectivity index (χ3v) is 5.70. The van der Waals surface area contributed by atoms with Crippen LogP contribution in [0.25, 0.3) is 0 Å². The topological polar surface area (TPSA) is 35.6 Å². The van der Waals surface area contributed by atoms with E-state index in [1.54, 1.807) is 0 Å². The second-order valence-corrected chi connectivity index (χ2v) is 8.34. The Balaban J connectivity index is 1.48. The number of aryl methyl sites for hydroxylation is 1. The van der Waals surface area contributed by atoms with Gasteiger partial charge in [-0.3, -0.25) is 4.79 Å². The Hall–Kier alpha value is -2.33. The van der Waals surface area contributed by atoms with Crippen molar-refractivity contribution < 1.29 is 4.79 Å². The van der Waals surface area contributed by atoms with Crippen LogP contribution in [0.2, 0.25) is 0 Å². The fraction of sp³-hybridized carbons (Fsp3) is 0.458. The molecule has 2 aromatic carbocycles. The maximum Gasteiger partial charge on any atom is 0.224 e. The van der Waals surface area contributed by atoms with Gasteiger partial charge < -0.3 is 15.1 Å². The number of hydrogen-bond donors (Lipinski definition) is 1. The van der Waals surface area contributed by atoms with Crippen molar-refractivity contribution in [1.29, 1.82) is 0 Å². The van der Waals surface area contributed by atoms with E-state index < -0.39 is 0 Å². The molecule has 0 aliphatic carbocycles. The van der Waals surface area contributed by atoms with Gasteiger partial charge in [0.05, 0.1) is 0 Å². The fourth-order valence-corrected chi connectivity index (χ4v) is 3.70. The Morgan fingerprint density at radius 2 is 1.79 bits per heavy atom. The predicted octanol–water partition coefficient (Wildman–Crippen LogP) is 4.52. The molecule has 3 rings (SSSR count). The first-order chi connectivity index (χ1) is 13.4. The van der Waals surface area contributed by atoms with Crippen LogP contribution in [0, 0.1) is 0 Å². The zero-order valence-corrected chi connectivity index (χ0v) is 17.6. The van der Waals surface area contributed by atoms with Gasteiger partial charge in [-0.2, -0.15) is 0 Å². The summed E-state index contributed by atoms with van der Waals surface area (Å²) in [4.78, 5) is 17.0. The first-order valence-electron chi connectivity index (χ1n) is 10.3. The molecule has 1 heterocycles. The molecule has 0 radical (unpaired) electrons. The molecule has 0 bridgehead atoms. The number of anilines is 2. The molecular weight excluding hydrogens is 346 g/mol. The second-order valence-electron chi connectivity index (χ2n) is 8.34. The largest absolute Gasteiger partial charge is 0.370 e. The van der Waals surface area contributed by atoms with Crippen molar-refractivity contribution in [3.63, 3.8) is 0 Å². The molecule has 1 atom stereocenters. The molecule has 1 aliphatic heterocycles. The molecule has 1 aliphatic rings. The van der Waals surface area contributed by atoms with Crippen LogP contribution >= 0.6 is 0 Å². The quantitative estimate of drug-likeness (QED) is 0.768. The Bertz CT molecular complexity index is 765. The van der Waals surface area contributed by atoms with E-state index in [0.717, 1.165) is 25.2 Å². The summed E-state index contributed by atoms with van der Waals surface area (Å²) in [6, 6.07) is 17.4. The molecule has 0 aromatic heterocycles. The van der Waals surface area contributed by atoms with Crippen LogP contribution in [0.1, 0.15) is 43.7 Å². The number of amides is 1. The monoisotopic (exact) mass is 379 g/mol. The van der Waals surface area contributed by atoms with Gasteiger partial charge in [0.25, 0.3) is 0 Å². The van der Waals surface area contributed by atoms with Crippen molar-refractivity contribution in [3.05, 3.63) is 59.7 Å². The molecule has 4 heteroatoms. The average Bonchev–Trinajstić information content (AvgIpc) is 3.18. The van der Waals surface area contributed by atoms with Crippen LogP contribution in [-0.2, 0) is 11.2 Å². The highest BCUT2D eigenvalue weighted by molar-refractivity contribution is 5.91.